The first kappa shape index (κ1) is 19.6. The van der Waals surface area contributed by atoms with Crippen molar-refractivity contribution in [1.82, 2.24) is 4.98 Å². The SMILES string of the molecule is COc1cc(C=Cc2nc3ccc([N+](=O)[O-])cc3s2)ccc1OCc1ccccc1. The number of methoxy groups -OCH3 is 1. The molecule has 4 rings (SSSR count). The molecule has 0 fully saturated rings. The number of nitro benzene ring substituents is 1. The third-order valence-electron chi connectivity index (χ3n) is 4.44. The van der Waals surface area contributed by atoms with Crippen molar-refractivity contribution >= 4 is 39.4 Å². The van der Waals surface area contributed by atoms with Crippen LogP contribution in [0.3, 0.4) is 0 Å². The van der Waals surface area contributed by atoms with Gasteiger partial charge in [0, 0.05) is 12.1 Å². The van der Waals surface area contributed by atoms with Crippen LogP contribution < -0.4 is 9.47 Å². The van der Waals surface area contributed by atoms with E-state index in [1.807, 2.05) is 60.7 Å². The standard InChI is InChI=1S/C23H18N2O4S/c1-28-21-13-16(7-11-20(21)29-15-17-5-3-2-4-6-17)8-12-23-24-19-10-9-18(25(26)27)14-22(19)30-23/h2-14H,15H2,1H3. The van der Waals surface area contributed by atoms with Gasteiger partial charge in [-0.2, -0.15) is 0 Å². The fraction of sp³-hybridized carbons (Fsp3) is 0.0870. The quantitative estimate of drug-likeness (QED) is 0.273. The predicted octanol–water partition coefficient (Wildman–Crippen LogP) is 5.96. The van der Waals surface area contributed by atoms with Crippen molar-refractivity contribution in [3.8, 4) is 11.5 Å². The van der Waals surface area contributed by atoms with Crippen molar-refractivity contribution in [2.24, 2.45) is 0 Å². The van der Waals surface area contributed by atoms with Crippen LogP contribution in [-0.2, 0) is 6.61 Å². The Morgan fingerprint density at radius 3 is 2.63 bits per heavy atom. The lowest BCUT2D eigenvalue weighted by atomic mass is 10.2. The molecule has 0 aliphatic carbocycles. The van der Waals surface area contributed by atoms with E-state index in [9.17, 15) is 10.1 Å². The Labute approximate surface area is 177 Å². The van der Waals surface area contributed by atoms with E-state index in [4.69, 9.17) is 9.47 Å². The van der Waals surface area contributed by atoms with Gasteiger partial charge in [0.2, 0.25) is 0 Å². The van der Waals surface area contributed by atoms with Crippen LogP contribution in [0.15, 0.2) is 66.7 Å². The van der Waals surface area contributed by atoms with E-state index < -0.39 is 4.92 Å². The Hall–Kier alpha value is -3.71. The molecule has 0 aliphatic rings. The van der Waals surface area contributed by atoms with Gasteiger partial charge in [0.1, 0.15) is 11.6 Å². The van der Waals surface area contributed by atoms with Gasteiger partial charge in [-0.25, -0.2) is 4.98 Å². The first-order valence-electron chi connectivity index (χ1n) is 9.20. The fourth-order valence-electron chi connectivity index (χ4n) is 2.93. The Balaban J connectivity index is 1.50. The zero-order valence-electron chi connectivity index (χ0n) is 16.1. The van der Waals surface area contributed by atoms with E-state index in [1.165, 1.54) is 17.4 Å². The van der Waals surface area contributed by atoms with Crippen molar-refractivity contribution in [1.29, 1.82) is 0 Å². The van der Waals surface area contributed by atoms with Gasteiger partial charge in [0.15, 0.2) is 11.5 Å². The lowest BCUT2D eigenvalue weighted by Crippen LogP contribution is -1.97. The van der Waals surface area contributed by atoms with E-state index >= 15 is 0 Å². The average molecular weight is 418 g/mol. The van der Waals surface area contributed by atoms with Gasteiger partial charge in [0.05, 0.1) is 22.2 Å². The Morgan fingerprint density at radius 2 is 1.87 bits per heavy atom. The average Bonchev–Trinajstić information content (AvgIpc) is 3.19. The molecular formula is C23H18N2O4S. The van der Waals surface area contributed by atoms with Gasteiger partial charge in [-0.3, -0.25) is 10.1 Å². The van der Waals surface area contributed by atoms with Crippen LogP contribution in [0.1, 0.15) is 16.1 Å². The number of rotatable bonds is 7. The minimum atomic E-state index is -0.400. The van der Waals surface area contributed by atoms with Crippen LogP contribution >= 0.6 is 11.3 Å². The van der Waals surface area contributed by atoms with Crippen molar-refractivity contribution in [3.05, 3.63) is 93.0 Å². The number of hydrogen-bond donors (Lipinski definition) is 0. The summed E-state index contributed by atoms with van der Waals surface area (Å²) in [6, 6.07) is 20.3. The highest BCUT2D eigenvalue weighted by Gasteiger charge is 2.09. The third-order valence-corrected chi connectivity index (χ3v) is 5.43. The lowest BCUT2D eigenvalue weighted by molar-refractivity contribution is -0.384. The maximum atomic E-state index is 10.9. The molecule has 0 atom stereocenters. The summed E-state index contributed by atoms with van der Waals surface area (Å²) < 4.78 is 12.1. The number of fused-ring (bicyclic) bond motifs is 1. The number of hydrogen-bond acceptors (Lipinski definition) is 6. The third kappa shape index (κ3) is 4.47. The van der Waals surface area contributed by atoms with E-state index in [2.05, 4.69) is 4.98 Å². The summed E-state index contributed by atoms with van der Waals surface area (Å²) in [7, 11) is 1.61. The Kier molecular flexibility index (Phi) is 5.72. The number of non-ortho nitro benzene ring substituents is 1. The van der Waals surface area contributed by atoms with Gasteiger partial charge in [0.25, 0.3) is 5.69 Å². The molecule has 0 N–H and O–H groups in total. The molecule has 3 aromatic carbocycles. The summed E-state index contributed by atoms with van der Waals surface area (Å²) >= 11 is 1.41. The molecule has 0 amide bonds. The topological polar surface area (TPSA) is 74.5 Å². The summed E-state index contributed by atoms with van der Waals surface area (Å²) in [4.78, 5) is 15.0. The first-order valence-corrected chi connectivity index (χ1v) is 10.0. The van der Waals surface area contributed by atoms with E-state index in [0.717, 1.165) is 26.4 Å². The zero-order valence-corrected chi connectivity index (χ0v) is 17.0. The molecule has 0 radical (unpaired) electrons. The molecule has 1 heterocycles. The summed E-state index contributed by atoms with van der Waals surface area (Å²) in [5, 5.41) is 11.7. The summed E-state index contributed by atoms with van der Waals surface area (Å²) in [6.45, 7) is 0.463. The van der Waals surface area contributed by atoms with Crippen LogP contribution in [0.4, 0.5) is 5.69 Å². The van der Waals surface area contributed by atoms with Crippen molar-refractivity contribution in [2.45, 2.75) is 6.61 Å². The smallest absolute Gasteiger partial charge is 0.270 e. The van der Waals surface area contributed by atoms with Crippen LogP contribution in [0, 0.1) is 10.1 Å². The molecule has 150 valence electrons. The molecule has 0 saturated carbocycles. The molecule has 0 unspecified atom stereocenters. The van der Waals surface area contributed by atoms with Crippen LogP contribution in [0.2, 0.25) is 0 Å². The van der Waals surface area contributed by atoms with Crippen molar-refractivity contribution in [3.63, 3.8) is 0 Å². The van der Waals surface area contributed by atoms with E-state index in [-0.39, 0.29) is 5.69 Å². The fourth-order valence-corrected chi connectivity index (χ4v) is 3.83. The number of ether oxygens (including phenoxy) is 2. The maximum Gasteiger partial charge on any atom is 0.270 e. The molecule has 7 heteroatoms. The number of benzene rings is 3. The number of nitrogens with zero attached hydrogens (tertiary/aromatic N) is 2. The second-order valence-corrected chi connectivity index (χ2v) is 7.54. The highest BCUT2D eigenvalue weighted by atomic mass is 32.1. The molecule has 30 heavy (non-hydrogen) atoms. The Morgan fingerprint density at radius 1 is 1.03 bits per heavy atom. The minimum absolute atomic E-state index is 0.0671. The molecule has 0 aliphatic heterocycles. The molecule has 1 aromatic heterocycles. The highest BCUT2D eigenvalue weighted by molar-refractivity contribution is 7.19. The van der Waals surface area contributed by atoms with E-state index in [1.54, 1.807) is 19.2 Å². The lowest BCUT2D eigenvalue weighted by Gasteiger charge is -2.11. The van der Waals surface area contributed by atoms with Crippen molar-refractivity contribution in [2.75, 3.05) is 7.11 Å². The molecule has 0 bridgehead atoms. The van der Waals surface area contributed by atoms with Gasteiger partial charge < -0.3 is 9.47 Å². The van der Waals surface area contributed by atoms with Crippen LogP contribution in [0.25, 0.3) is 22.4 Å². The second kappa shape index (κ2) is 8.75. The minimum Gasteiger partial charge on any atom is -0.493 e. The zero-order chi connectivity index (χ0) is 20.9. The van der Waals surface area contributed by atoms with Gasteiger partial charge in [-0.1, -0.05) is 42.5 Å². The number of aromatic nitrogens is 1. The van der Waals surface area contributed by atoms with Gasteiger partial charge >= 0.3 is 0 Å². The highest BCUT2D eigenvalue weighted by Crippen LogP contribution is 2.31. The first-order chi connectivity index (χ1) is 14.6. The van der Waals surface area contributed by atoms with Crippen LogP contribution in [-0.4, -0.2) is 17.0 Å². The Bertz CT molecular complexity index is 1220. The summed E-state index contributed by atoms with van der Waals surface area (Å²) in [5.41, 5.74) is 2.83. The van der Waals surface area contributed by atoms with Crippen LogP contribution in [0.5, 0.6) is 11.5 Å². The normalized spacial score (nSPS) is 11.1. The monoisotopic (exact) mass is 418 g/mol. The van der Waals surface area contributed by atoms with Gasteiger partial charge in [-0.05, 0) is 35.4 Å². The maximum absolute atomic E-state index is 10.9. The van der Waals surface area contributed by atoms with Crippen molar-refractivity contribution < 1.29 is 14.4 Å². The predicted molar refractivity (Wildman–Crippen MR) is 119 cm³/mol. The number of thiazole rings is 1. The molecule has 0 spiro atoms. The van der Waals surface area contributed by atoms with E-state index in [0.29, 0.717) is 18.1 Å². The van der Waals surface area contributed by atoms with Gasteiger partial charge in [-0.15, -0.1) is 11.3 Å². The summed E-state index contributed by atoms with van der Waals surface area (Å²) in [5.74, 6) is 1.32. The number of nitro groups is 1. The molecule has 4 aromatic rings. The largest absolute Gasteiger partial charge is 0.493 e. The molecule has 0 saturated heterocycles. The summed E-state index contributed by atoms with van der Waals surface area (Å²) in [6.07, 6.45) is 3.81. The molecular weight excluding hydrogens is 400 g/mol. The second-order valence-electron chi connectivity index (χ2n) is 6.48. The molecule has 6 nitrogen and oxygen atoms in total.